The largest absolute Gasteiger partial charge is 0.479 e. The SMILES string of the molecule is CN(C)c1cccc(OC(Br)C[C]=O)c1. The molecular formula is C11H13BrNO2. The first-order chi connectivity index (χ1) is 7.13. The summed E-state index contributed by atoms with van der Waals surface area (Å²) in [6, 6.07) is 7.67. The Hall–Kier alpha value is -1.03. The molecule has 1 radical (unpaired) electrons. The third-order valence-electron chi connectivity index (χ3n) is 1.84. The number of carbonyl (C=O) groups excluding carboxylic acids is 1. The van der Waals surface area contributed by atoms with Crippen molar-refractivity contribution in [2.75, 3.05) is 19.0 Å². The molecule has 0 aliphatic heterocycles. The van der Waals surface area contributed by atoms with E-state index in [0.717, 1.165) is 11.4 Å². The standard InChI is InChI=1S/C11H13BrNO2/c1-13(2)9-4-3-5-10(8-9)15-11(12)6-7-14/h3-5,8,11H,6H2,1-2H3. The topological polar surface area (TPSA) is 29.5 Å². The van der Waals surface area contributed by atoms with Crippen molar-refractivity contribution in [3.63, 3.8) is 0 Å². The van der Waals surface area contributed by atoms with Gasteiger partial charge in [-0.25, -0.2) is 0 Å². The van der Waals surface area contributed by atoms with Gasteiger partial charge in [0.1, 0.15) is 5.75 Å². The summed E-state index contributed by atoms with van der Waals surface area (Å²) in [6.45, 7) is 0. The van der Waals surface area contributed by atoms with Crippen molar-refractivity contribution in [1.82, 2.24) is 0 Å². The summed E-state index contributed by atoms with van der Waals surface area (Å²) in [5.41, 5.74) is 1.06. The molecule has 81 valence electrons. The van der Waals surface area contributed by atoms with Gasteiger partial charge in [-0.3, -0.25) is 4.79 Å². The van der Waals surface area contributed by atoms with Crippen molar-refractivity contribution >= 4 is 27.9 Å². The summed E-state index contributed by atoms with van der Waals surface area (Å²) in [7, 11) is 3.92. The Kier molecular flexibility index (Phi) is 4.62. The summed E-state index contributed by atoms with van der Waals surface area (Å²) >= 11 is 3.24. The Morgan fingerprint density at radius 1 is 1.53 bits per heavy atom. The molecule has 0 aliphatic carbocycles. The van der Waals surface area contributed by atoms with E-state index in [1.54, 1.807) is 6.29 Å². The van der Waals surface area contributed by atoms with Gasteiger partial charge in [0.2, 0.25) is 6.29 Å². The minimum atomic E-state index is -0.313. The number of anilines is 1. The number of alkyl halides is 1. The molecule has 0 N–H and O–H groups in total. The van der Waals surface area contributed by atoms with Gasteiger partial charge in [-0.1, -0.05) is 6.07 Å². The van der Waals surface area contributed by atoms with E-state index < -0.39 is 0 Å². The van der Waals surface area contributed by atoms with Crippen LogP contribution in [-0.2, 0) is 4.79 Å². The zero-order chi connectivity index (χ0) is 11.3. The van der Waals surface area contributed by atoms with Gasteiger partial charge in [-0.15, -0.1) is 0 Å². The Balaban J connectivity index is 2.69. The Labute approximate surface area is 98.2 Å². The Morgan fingerprint density at radius 2 is 2.27 bits per heavy atom. The van der Waals surface area contributed by atoms with Gasteiger partial charge in [0.25, 0.3) is 0 Å². The average Bonchev–Trinajstić information content (AvgIpc) is 2.18. The molecule has 0 saturated carbocycles. The van der Waals surface area contributed by atoms with Crippen molar-refractivity contribution in [2.45, 2.75) is 11.4 Å². The maximum atomic E-state index is 10.1. The average molecular weight is 271 g/mol. The molecule has 15 heavy (non-hydrogen) atoms. The van der Waals surface area contributed by atoms with Crippen LogP contribution in [0.2, 0.25) is 0 Å². The molecule has 1 aromatic carbocycles. The molecule has 1 rings (SSSR count). The zero-order valence-electron chi connectivity index (χ0n) is 8.74. The molecule has 1 unspecified atom stereocenters. The van der Waals surface area contributed by atoms with Crippen LogP contribution >= 0.6 is 15.9 Å². The van der Waals surface area contributed by atoms with E-state index in [2.05, 4.69) is 15.9 Å². The second kappa shape index (κ2) is 5.75. The summed E-state index contributed by atoms with van der Waals surface area (Å²) in [4.78, 5) is 12.1. The van der Waals surface area contributed by atoms with Crippen LogP contribution < -0.4 is 9.64 Å². The van der Waals surface area contributed by atoms with Crippen LogP contribution in [0.25, 0.3) is 0 Å². The van der Waals surface area contributed by atoms with Crippen LogP contribution in [0.1, 0.15) is 6.42 Å². The molecule has 0 saturated heterocycles. The van der Waals surface area contributed by atoms with Crippen LogP contribution in [0.15, 0.2) is 24.3 Å². The van der Waals surface area contributed by atoms with E-state index >= 15 is 0 Å². The monoisotopic (exact) mass is 270 g/mol. The normalized spacial score (nSPS) is 11.9. The lowest BCUT2D eigenvalue weighted by Gasteiger charge is -2.15. The maximum Gasteiger partial charge on any atom is 0.203 e. The highest BCUT2D eigenvalue weighted by Gasteiger charge is 2.06. The summed E-state index contributed by atoms with van der Waals surface area (Å²) in [6.07, 6.45) is 2.01. The molecule has 3 nitrogen and oxygen atoms in total. The summed E-state index contributed by atoms with van der Waals surface area (Å²) in [5, 5.41) is -0.313. The number of halogens is 1. The van der Waals surface area contributed by atoms with E-state index in [4.69, 9.17) is 4.74 Å². The van der Waals surface area contributed by atoms with Gasteiger partial charge in [0.15, 0.2) is 5.01 Å². The van der Waals surface area contributed by atoms with Crippen LogP contribution in [0.3, 0.4) is 0 Å². The molecule has 1 aromatic rings. The number of hydrogen-bond donors (Lipinski definition) is 0. The van der Waals surface area contributed by atoms with Crippen molar-refractivity contribution in [3.8, 4) is 5.75 Å². The highest BCUT2D eigenvalue weighted by molar-refractivity contribution is 9.09. The third-order valence-corrected chi connectivity index (χ3v) is 2.35. The van der Waals surface area contributed by atoms with E-state index in [-0.39, 0.29) is 11.4 Å². The van der Waals surface area contributed by atoms with Crippen molar-refractivity contribution < 1.29 is 9.53 Å². The molecule has 0 amide bonds. The molecule has 0 aromatic heterocycles. The second-order valence-corrected chi connectivity index (χ2v) is 4.29. The Morgan fingerprint density at radius 3 is 2.87 bits per heavy atom. The number of rotatable bonds is 5. The molecule has 0 bridgehead atoms. The van der Waals surface area contributed by atoms with Gasteiger partial charge in [-0.05, 0) is 28.1 Å². The predicted octanol–water partition coefficient (Wildman–Crippen LogP) is 2.35. The first-order valence-corrected chi connectivity index (χ1v) is 5.48. The number of nitrogens with zero attached hydrogens (tertiary/aromatic N) is 1. The van der Waals surface area contributed by atoms with E-state index in [0.29, 0.717) is 0 Å². The fraction of sp³-hybridized carbons (Fsp3) is 0.364. The van der Waals surface area contributed by atoms with Gasteiger partial charge in [-0.2, -0.15) is 0 Å². The van der Waals surface area contributed by atoms with Gasteiger partial charge < -0.3 is 9.64 Å². The van der Waals surface area contributed by atoms with Gasteiger partial charge in [0, 0.05) is 25.8 Å². The highest BCUT2D eigenvalue weighted by Crippen LogP contribution is 2.22. The first-order valence-electron chi connectivity index (χ1n) is 4.56. The lowest BCUT2D eigenvalue weighted by atomic mass is 10.3. The van der Waals surface area contributed by atoms with E-state index in [1.165, 1.54) is 0 Å². The van der Waals surface area contributed by atoms with Crippen molar-refractivity contribution in [1.29, 1.82) is 0 Å². The molecule has 4 heteroatoms. The molecule has 0 fully saturated rings. The minimum absolute atomic E-state index is 0.214. The van der Waals surface area contributed by atoms with E-state index in [1.807, 2.05) is 43.3 Å². The summed E-state index contributed by atoms with van der Waals surface area (Å²) < 4.78 is 5.47. The second-order valence-electron chi connectivity index (χ2n) is 3.27. The molecule has 1 atom stereocenters. The fourth-order valence-electron chi connectivity index (χ4n) is 1.09. The number of ether oxygens (including phenoxy) is 1. The molecular weight excluding hydrogens is 258 g/mol. The van der Waals surface area contributed by atoms with Crippen molar-refractivity contribution in [3.05, 3.63) is 24.3 Å². The smallest absolute Gasteiger partial charge is 0.203 e. The first kappa shape index (κ1) is 12.0. The van der Waals surface area contributed by atoms with Gasteiger partial charge in [0.05, 0.1) is 6.42 Å². The molecule has 0 heterocycles. The van der Waals surface area contributed by atoms with Gasteiger partial charge >= 0.3 is 0 Å². The van der Waals surface area contributed by atoms with Crippen molar-refractivity contribution in [2.24, 2.45) is 0 Å². The predicted molar refractivity (Wildman–Crippen MR) is 64.4 cm³/mol. The van der Waals surface area contributed by atoms with Crippen LogP contribution in [0, 0.1) is 0 Å². The fourth-order valence-corrected chi connectivity index (χ4v) is 1.44. The quantitative estimate of drug-likeness (QED) is 0.770. The lowest BCUT2D eigenvalue weighted by molar-refractivity contribution is 0.300. The van der Waals surface area contributed by atoms with Crippen LogP contribution in [-0.4, -0.2) is 25.4 Å². The van der Waals surface area contributed by atoms with E-state index in [9.17, 15) is 4.79 Å². The highest BCUT2D eigenvalue weighted by atomic mass is 79.9. The zero-order valence-corrected chi connectivity index (χ0v) is 10.3. The minimum Gasteiger partial charge on any atom is -0.479 e. The third kappa shape index (κ3) is 3.91. The maximum absolute atomic E-state index is 10.1. The Bertz CT molecular complexity index is 328. The molecule has 0 aliphatic rings. The molecule has 0 spiro atoms. The van der Waals surface area contributed by atoms with Crippen LogP contribution in [0.4, 0.5) is 5.69 Å². The number of hydrogen-bond acceptors (Lipinski definition) is 3. The lowest BCUT2D eigenvalue weighted by Crippen LogP contribution is -2.11. The van der Waals surface area contributed by atoms with Crippen LogP contribution in [0.5, 0.6) is 5.75 Å². The summed E-state index contributed by atoms with van der Waals surface area (Å²) in [5.74, 6) is 0.735. The number of benzene rings is 1.